The smallest absolute Gasteiger partial charge is 0.0577 e. The molecule has 0 radical (unpaired) electrons. The molecule has 0 amide bonds. The molecule has 0 heterocycles. The first kappa shape index (κ1) is 14.1. The molecule has 0 spiro atoms. The van der Waals surface area contributed by atoms with Crippen molar-refractivity contribution >= 4 is 11.6 Å². The van der Waals surface area contributed by atoms with Crippen molar-refractivity contribution in [1.29, 1.82) is 0 Å². The van der Waals surface area contributed by atoms with Crippen LogP contribution in [0.15, 0.2) is 36.4 Å². The second kappa shape index (κ2) is 5.77. The zero-order valence-electron chi connectivity index (χ0n) is 11.9. The van der Waals surface area contributed by atoms with E-state index in [9.17, 15) is 0 Å². The molecule has 1 unspecified atom stereocenters. The van der Waals surface area contributed by atoms with Crippen molar-refractivity contribution in [2.45, 2.75) is 26.8 Å². The highest BCUT2D eigenvalue weighted by Gasteiger charge is 2.15. The molecule has 0 aliphatic carbocycles. The topological polar surface area (TPSA) is 12.0 Å². The van der Waals surface area contributed by atoms with Crippen molar-refractivity contribution in [1.82, 2.24) is 5.32 Å². The lowest BCUT2D eigenvalue weighted by atomic mass is 9.93. The first-order valence-electron chi connectivity index (χ1n) is 6.53. The molecule has 2 heteroatoms. The Morgan fingerprint density at radius 3 is 2.32 bits per heavy atom. The van der Waals surface area contributed by atoms with Crippen molar-refractivity contribution in [2.24, 2.45) is 0 Å². The van der Waals surface area contributed by atoms with Crippen LogP contribution in [-0.4, -0.2) is 7.05 Å². The zero-order chi connectivity index (χ0) is 14.0. The van der Waals surface area contributed by atoms with E-state index in [4.69, 9.17) is 11.6 Å². The number of hydrogen-bond acceptors (Lipinski definition) is 1. The van der Waals surface area contributed by atoms with Gasteiger partial charge in [-0.1, -0.05) is 47.5 Å². The van der Waals surface area contributed by atoms with Gasteiger partial charge in [0.2, 0.25) is 0 Å². The average molecular weight is 274 g/mol. The summed E-state index contributed by atoms with van der Waals surface area (Å²) in [5.41, 5.74) is 6.27. The normalized spacial score (nSPS) is 12.5. The number of aryl methyl sites for hydroxylation is 3. The molecule has 1 N–H and O–H groups in total. The third-order valence-corrected chi connectivity index (χ3v) is 3.97. The van der Waals surface area contributed by atoms with E-state index in [0.29, 0.717) is 0 Å². The molecule has 0 aliphatic rings. The Hall–Kier alpha value is -1.31. The van der Waals surface area contributed by atoms with Crippen molar-refractivity contribution < 1.29 is 0 Å². The van der Waals surface area contributed by atoms with Crippen LogP contribution in [-0.2, 0) is 0 Å². The quantitative estimate of drug-likeness (QED) is 0.863. The summed E-state index contributed by atoms with van der Waals surface area (Å²) in [6.07, 6.45) is 0. The maximum atomic E-state index is 6.11. The largest absolute Gasteiger partial charge is 0.309 e. The highest BCUT2D eigenvalue weighted by atomic mass is 35.5. The summed E-state index contributed by atoms with van der Waals surface area (Å²) in [5, 5.41) is 4.23. The van der Waals surface area contributed by atoms with Gasteiger partial charge in [0.15, 0.2) is 0 Å². The third kappa shape index (κ3) is 2.99. The van der Waals surface area contributed by atoms with Crippen LogP contribution < -0.4 is 5.32 Å². The van der Waals surface area contributed by atoms with Crippen LogP contribution in [0.1, 0.15) is 33.9 Å². The van der Waals surface area contributed by atoms with E-state index < -0.39 is 0 Å². The van der Waals surface area contributed by atoms with Gasteiger partial charge in [-0.2, -0.15) is 0 Å². The van der Waals surface area contributed by atoms with E-state index in [-0.39, 0.29) is 6.04 Å². The average Bonchev–Trinajstić information content (AvgIpc) is 2.38. The van der Waals surface area contributed by atoms with E-state index in [0.717, 1.165) is 10.6 Å². The molecule has 2 aromatic rings. The third-order valence-electron chi connectivity index (χ3n) is 3.55. The standard InChI is InChI=1S/C17H20ClN/c1-11-5-6-12(2)15(9-11)17(19-4)14-7-8-16(18)13(3)10-14/h5-10,17,19H,1-4H3. The molecular weight excluding hydrogens is 254 g/mol. The van der Waals surface area contributed by atoms with E-state index in [1.54, 1.807) is 0 Å². The molecule has 0 fully saturated rings. The summed E-state index contributed by atoms with van der Waals surface area (Å²) in [6, 6.07) is 13.0. The van der Waals surface area contributed by atoms with Crippen molar-refractivity contribution in [2.75, 3.05) is 7.05 Å². The number of halogens is 1. The van der Waals surface area contributed by atoms with Crippen molar-refractivity contribution in [3.05, 3.63) is 69.2 Å². The summed E-state index contributed by atoms with van der Waals surface area (Å²) in [4.78, 5) is 0. The minimum Gasteiger partial charge on any atom is -0.309 e. The molecule has 2 rings (SSSR count). The summed E-state index contributed by atoms with van der Waals surface area (Å²) < 4.78 is 0. The molecule has 19 heavy (non-hydrogen) atoms. The fourth-order valence-corrected chi connectivity index (χ4v) is 2.54. The minimum atomic E-state index is 0.205. The van der Waals surface area contributed by atoms with Gasteiger partial charge in [0.25, 0.3) is 0 Å². The molecule has 0 aliphatic heterocycles. The fourth-order valence-electron chi connectivity index (χ4n) is 2.42. The Morgan fingerprint density at radius 2 is 1.68 bits per heavy atom. The van der Waals surface area contributed by atoms with Gasteiger partial charge in [0, 0.05) is 5.02 Å². The number of rotatable bonds is 3. The zero-order valence-corrected chi connectivity index (χ0v) is 12.7. The second-order valence-corrected chi connectivity index (χ2v) is 5.50. The molecule has 0 saturated heterocycles. The molecule has 100 valence electrons. The Bertz CT molecular complexity index is 590. The van der Waals surface area contributed by atoms with Gasteiger partial charge in [0.05, 0.1) is 6.04 Å². The van der Waals surface area contributed by atoms with Crippen LogP contribution in [0.4, 0.5) is 0 Å². The number of hydrogen-bond donors (Lipinski definition) is 1. The monoisotopic (exact) mass is 273 g/mol. The molecule has 1 atom stereocenters. The summed E-state index contributed by atoms with van der Waals surface area (Å²) in [7, 11) is 2.00. The van der Waals surface area contributed by atoms with Crippen LogP contribution in [0.5, 0.6) is 0 Å². The molecule has 0 bridgehead atoms. The lowest BCUT2D eigenvalue weighted by Gasteiger charge is -2.20. The van der Waals surface area contributed by atoms with Gasteiger partial charge >= 0.3 is 0 Å². The lowest BCUT2D eigenvalue weighted by Crippen LogP contribution is -2.19. The van der Waals surface area contributed by atoms with Gasteiger partial charge in [-0.05, 0) is 56.1 Å². The van der Waals surface area contributed by atoms with Crippen LogP contribution in [0, 0.1) is 20.8 Å². The maximum absolute atomic E-state index is 6.11. The van der Waals surface area contributed by atoms with E-state index in [1.165, 1.54) is 22.3 Å². The van der Waals surface area contributed by atoms with Crippen molar-refractivity contribution in [3.63, 3.8) is 0 Å². The van der Waals surface area contributed by atoms with Gasteiger partial charge < -0.3 is 5.32 Å². The minimum absolute atomic E-state index is 0.205. The number of benzene rings is 2. The van der Waals surface area contributed by atoms with Crippen LogP contribution in [0.2, 0.25) is 5.02 Å². The first-order chi connectivity index (χ1) is 9.02. The molecule has 0 saturated carbocycles. The van der Waals surface area contributed by atoms with E-state index in [1.807, 2.05) is 20.0 Å². The van der Waals surface area contributed by atoms with Crippen molar-refractivity contribution in [3.8, 4) is 0 Å². The predicted octanol–water partition coefficient (Wildman–Crippen LogP) is 4.57. The Morgan fingerprint density at radius 1 is 0.947 bits per heavy atom. The highest BCUT2D eigenvalue weighted by molar-refractivity contribution is 6.31. The highest BCUT2D eigenvalue weighted by Crippen LogP contribution is 2.28. The van der Waals surface area contributed by atoms with Gasteiger partial charge in [0.1, 0.15) is 0 Å². The fraction of sp³-hybridized carbons (Fsp3) is 0.294. The summed E-state index contributed by atoms with van der Waals surface area (Å²) in [5.74, 6) is 0. The van der Waals surface area contributed by atoms with Crippen LogP contribution in [0.3, 0.4) is 0 Å². The lowest BCUT2D eigenvalue weighted by molar-refractivity contribution is 0.686. The SMILES string of the molecule is CNC(c1ccc(Cl)c(C)c1)c1cc(C)ccc1C. The Balaban J connectivity index is 2.49. The van der Waals surface area contributed by atoms with Gasteiger partial charge in [-0.3, -0.25) is 0 Å². The van der Waals surface area contributed by atoms with E-state index in [2.05, 4.69) is 49.5 Å². The molecule has 0 aromatic heterocycles. The van der Waals surface area contributed by atoms with Gasteiger partial charge in [-0.25, -0.2) is 0 Å². The van der Waals surface area contributed by atoms with Crippen LogP contribution >= 0.6 is 11.6 Å². The summed E-state index contributed by atoms with van der Waals surface area (Å²) in [6.45, 7) is 6.33. The number of nitrogens with one attached hydrogen (secondary N) is 1. The second-order valence-electron chi connectivity index (χ2n) is 5.09. The Labute approximate surface area is 120 Å². The first-order valence-corrected chi connectivity index (χ1v) is 6.91. The molecular formula is C17H20ClN. The van der Waals surface area contributed by atoms with Gasteiger partial charge in [-0.15, -0.1) is 0 Å². The summed E-state index contributed by atoms with van der Waals surface area (Å²) >= 11 is 6.11. The van der Waals surface area contributed by atoms with E-state index >= 15 is 0 Å². The maximum Gasteiger partial charge on any atom is 0.0577 e. The Kier molecular flexibility index (Phi) is 4.28. The van der Waals surface area contributed by atoms with Crippen LogP contribution in [0.25, 0.3) is 0 Å². The molecule has 1 nitrogen and oxygen atoms in total. The predicted molar refractivity (Wildman–Crippen MR) is 83.0 cm³/mol. The molecule has 2 aromatic carbocycles.